The van der Waals surface area contributed by atoms with Crippen molar-refractivity contribution in [3.63, 3.8) is 0 Å². The number of amides is 2. The van der Waals surface area contributed by atoms with Gasteiger partial charge in [0.1, 0.15) is 9.84 Å². The summed E-state index contributed by atoms with van der Waals surface area (Å²) in [6.07, 6.45) is 8.06. The Kier molecular flexibility index (Phi) is 8.47. The van der Waals surface area contributed by atoms with Crippen LogP contribution in [0.4, 0.5) is 4.79 Å². The van der Waals surface area contributed by atoms with E-state index in [0.29, 0.717) is 25.0 Å². The van der Waals surface area contributed by atoms with Gasteiger partial charge in [-0.1, -0.05) is 0 Å². The second kappa shape index (κ2) is 10.7. The number of carbonyl (C=O) groups excluding carboxylic acids is 2. The standard InChI is InChI=1S/C23H40N2O6S/c1-5-30-23(27)24-15-16(2)25(17(3)26)21-11-8-19(14-22(21)24)18-6-9-20(10-7-18)31-12-13-32(4,28)29/h16,18-22H,5-15H2,1-4H3/t16-,18?,19?,20?,21?,22?/m0/s1. The maximum Gasteiger partial charge on any atom is 0.410 e. The summed E-state index contributed by atoms with van der Waals surface area (Å²) in [6, 6.07) is 0.0680. The topological polar surface area (TPSA) is 93.2 Å². The van der Waals surface area contributed by atoms with Gasteiger partial charge in [0.15, 0.2) is 0 Å². The molecule has 0 spiro atoms. The molecule has 32 heavy (non-hydrogen) atoms. The summed E-state index contributed by atoms with van der Waals surface area (Å²) < 4.78 is 33.8. The van der Waals surface area contributed by atoms with Crippen molar-refractivity contribution in [2.45, 2.75) is 89.9 Å². The van der Waals surface area contributed by atoms with Crippen LogP contribution in [0.3, 0.4) is 0 Å². The summed E-state index contributed by atoms with van der Waals surface area (Å²) in [5.74, 6) is 1.27. The van der Waals surface area contributed by atoms with Gasteiger partial charge in [0.2, 0.25) is 5.91 Å². The molecular weight excluding hydrogens is 432 g/mol. The number of fused-ring (bicyclic) bond motifs is 1. The smallest absolute Gasteiger partial charge is 0.410 e. The van der Waals surface area contributed by atoms with Crippen molar-refractivity contribution < 1.29 is 27.5 Å². The van der Waals surface area contributed by atoms with Crippen LogP contribution >= 0.6 is 0 Å². The second-order valence-corrected chi connectivity index (χ2v) is 12.1. The summed E-state index contributed by atoms with van der Waals surface area (Å²) in [5, 5.41) is 0. The Morgan fingerprint density at radius 2 is 1.66 bits per heavy atom. The third-order valence-electron chi connectivity index (χ3n) is 7.57. The Hall–Kier alpha value is -1.35. The lowest BCUT2D eigenvalue weighted by atomic mass is 9.69. The van der Waals surface area contributed by atoms with Crippen LogP contribution < -0.4 is 0 Å². The normalized spacial score (nSPS) is 33.5. The number of piperazine rings is 1. The van der Waals surface area contributed by atoms with E-state index in [0.717, 1.165) is 44.9 Å². The third kappa shape index (κ3) is 6.16. The first-order valence-electron chi connectivity index (χ1n) is 12.1. The van der Waals surface area contributed by atoms with Crippen LogP contribution in [0.2, 0.25) is 0 Å². The molecular formula is C23H40N2O6S. The van der Waals surface area contributed by atoms with E-state index in [4.69, 9.17) is 9.47 Å². The zero-order valence-corrected chi connectivity index (χ0v) is 20.8. The van der Waals surface area contributed by atoms with Crippen LogP contribution in [0.1, 0.15) is 65.7 Å². The quantitative estimate of drug-likeness (QED) is 0.590. The lowest BCUT2D eigenvalue weighted by Gasteiger charge is -2.54. The average molecular weight is 473 g/mol. The Morgan fingerprint density at radius 1 is 1.00 bits per heavy atom. The Morgan fingerprint density at radius 3 is 2.25 bits per heavy atom. The van der Waals surface area contributed by atoms with E-state index in [1.54, 1.807) is 6.92 Å². The predicted molar refractivity (Wildman–Crippen MR) is 122 cm³/mol. The van der Waals surface area contributed by atoms with Crippen molar-refractivity contribution in [2.75, 3.05) is 31.8 Å². The van der Waals surface area contributed by atoms with Crippen LogP contribution in [0.5, 0.6) is 0 Å². The van der Waals surface area contributed by atoms with Crippen molar-refractivity contribution >= 4 is 21.8 Å². The molecule has 1 saturated heterocycles. The van der Waals surface area contributed by atoms with Gasteiger partial charge in [0.25, 0.3) is 0 Å². The highest BCUT2D eigenvalue weighted by atomic mass is 32.2. The molecule has 184 valence electrons. The highest BCUT2D eigenvalue weighted by Gasteiger charge is 2.48. The summed E-state index contributed by atoms with van der Waals surface area (Å²) in [5.41, 5.74) is 0. The van der Waals surface area contributed by atoms with Crippen molar-refractivity contribution in [3.05, 3.63) is 0 Å². The van der Waals surface area contributed by atoms with E-state index in [1.165, 1.54) is 6.26 Å². The number of rotatable bonds is 6. The summed E-state index contributed by atoms with van der Waals surface area (Å²) in [7, 11) is -2.99. The fourth-order valence-corrected chi connectivity index (χ4v) is 6.54. The molecule has 0 aromatic heterocycles. The maximum atomic E-state index is 12.7. The van der Waals surface area contributed by atoms with Crippen LogP contribution in [0.15, 0.2) is 0 Å². The van der Waals surface area contributed by atoms with Gasteiger partial charge < -0.3 is 19.3 Å². The number of carbonyl (C=O) groups is 2. The number of sulfone groups is 1. The highest BCUT2D eigenvalue weighted by Crippen LogP contribution is 2.43. The molecule has 2 amide bonds. The SMILES string of the molecule is CCOC(=O)N1C[C@H](C)N(C(C)=O)C2CCC(C3CCC(OCCS(C)(=O)=O)CC3)CC21. The van der Waals surface area contributed by atoms with E-state index in [1.807, 2.05) is 23.6 Å². The molecule has 0 N–H and O–H groups in total. The fourth-order valence-electron chi connectivity index (χ4n) is 6.14. The largest absolute Gasteiger partial charge is 0.450 e. The molecule has 2 aliphatic carbocycles. The van der Waals surface area contributed by atoms with Gasteiger partial charge in [-0.3, -0.25) is 4.79 Å². The third-order valence-corrected chi connectivity index (χ3v) is 8.48. The van der Waals surface area contributed by atoms with Crippen molar-refractivity contribution in [1.82, 2.24) is 9.80 Å². The molecule has 2 saturated carbocycles. The summed E-state index contributed by atoms with van der Waals surface area (Å²) in [6.45, 7) is 6.61. The van der Waals surface area contributed by atoms with Gasteiger partial charge >= 0.3 is 6.09 Å². The lowest BCUT2D eigenvalue weighted by molar-refractivity contribution is -0.142. The summed E-state index contributed by atoms with van der Waals surface area (Å²) in [4.78, 5) is 29.0. The van der Waals surface area contributed by atoms with Gasteiger partial charge in [0.05, 0.1) is 37.2 Å². The predicted octanol–water partition coefficient (Wildman–Crippen LogP) is 2.85. The lowest BCUT2D eigenvalue weighted by Crippen LogP contribution is -2.67. The minimum absolute atomic E-state index is 0.00534. The first-order chi connectivity index (χ1) is 15.1. The minimum Gasteiger partial charge on any atom is -0.450 e. The van der Waals surface area contributed by atoms with Crippen molar-refractivity contribution in [3.8, 4) is 0 Å². The van der Waals surface area contributed by atoms with Gasteiger partial charge in [-0.2, -0.15) is 0 Å². The number of hydrogen-bond donors (Lipinski definition) is 0. The van der Waals surface area contributed by atoms with Gasteiger partial charge in [-0.25, -0.2) is 13.2 Å². The molecule has 1 heterocycles. The van der Waals surface area contributed by atoms with Crippen molar-refractivity contribution in [2.24, 2.45) is 11.8 Å². The van der Waals surface area contributed by atoms with E-state index < -0.39 is 9.84 Å². The Balaban J connectivity index is 1.60. The number of hydrogen-bond acceptors (Lipinski definition) is 6. The highest BCUT2D eigenvalue weighted by molar-refractivity contribution is 7.90. The van der Waals surface area contributed by atoms with Crippen LogP contribution in [-0.4, -0.2) is 86.2 Å². The zero-order chi connectivity index (χ0) is 23.5. The van der Waals surface area contributed by atoms with Crippen LogP contribution in [0, 0.1) is 11.8 Å². The first-order valence-corrected chi connectivity index (χ1v) is 14.2. The molecule has 3 rings (SSSR count). The molecule has 8 nitrogen and oxygen atoms in total. The second-order valence-electron chi connectivity index (χ2n) is 9.87. The minimum atomic E-state index is -2.99. The van der Waals surface area contributed by atoms with Gasteiger partial charge in [0, 0.05) is 25.8 Å². The molecule has 3 unspecified atom stereocenters. The molecule has 9 heteroatoms. The fraction of sp³-hybridized carbons (Fsp3) is 0.913. The zero-order valence-electron chi connectivity index (χ0n) is 20.0. The molecule has 3 fully saturated rings. The van der Waals surface area contributed by atoms with E-state index >= 15 is 0 Å². The van der Waals surface area contributed by atoms with E-state index in [9.17, 15) is 18.0 Å². The maximum absolute atomic E-state index is 12.7. The molecule has 4 atom stereocenters. The molecule has 1 aliphatic heterocycles. The van der Waals surface area contributed by atoms with Crippen molar-refractivity contribution in [1.29, 1.82) is 0 Å². The van der Waals surface area contributed by atoms with Crippen LogP contribution in [-0.2, 0) is 24.1 Å². The Labute approximate surface area is 192 Å². The molecule has 0 bridgehead atoms. The van der Waals surface area contributed by atoms with Gasteiger partial charge in [-0.05, 0) is 70.6 Å². The van der Waals surface area contributed by atoms with E-state index in [2.05, 4.69) is 0 Å². The van der Waals surface area contributed by atoms with Gasteiger partial charge in [-0.15, -0.1) is 0 Å². The van der Waals surface area contributed by atoms with Crippen LogP contribution in [0.25, 0.3) is 0 Å². The first kappa shape index (κ1) is 25.3. The molecule has 3 aliphatic rings. The average Bonchev–Trinajstić information content (AvgIpc) is 2.72. The van der Waals surface area contributed by atoms with E-state index in [-0.39, 0.29) is 48.6 Å². The number of nitrogens with zero attached hydrogens (tertiary/aromatic N) is 2. The molecule has 0 aromatic carbocycles. The molecule has 0 radical (unpaired) electrons. The number of ether oxygens (including phenoxy) is 2. The molecule has 0 aromatic rings. The Bertz CT molecular complexity index is 764. The monoisotopic (exact) mass is 472 g/mol. The summed E-state index contributed by atoms with van der Waals surface area (Å²) >= 11 is 0.